The lowest BCUT2D eigenvalue weighted by Crippen LogP contribution is -2.04. The highest BCUT2D eigenvalue weighted by molar-refractivity contribution is 7.12. The first-order chi connectivity index (χ1) is 9.74. The van der Waals surface area contributed by atoms with E-state index >= 15 is 0 Å². The third-order valence-electron chi connectivity index (χ3n) is 3.07. The lowest BCUT2D eigenvalue weighted by atomic mass is 10.0. The summed E-state index contributed by atoms with van der Waals surface area (Å²) in [6.07, 6.45) is 0.435. The highest BCUT2D eigenvalue weighted by atomic mass is 32.1. The maximum atomic E-state index is 12.1. The summed E-state index contributed by atoms with van der Waals surface area (Å²) < 4.78 is 10.4. The first-order valence-corrected chi connectivity index (χ1v) is 7.11. The van der Waals surface area contributed by atoms with E-state index in [-0.39, 0.29) is 31.2 Å². The Morgan fingerprint density at radius 2 is 1.85 bits per heavy atom. The summed E-state index contributed by atoms with van der Waals surface area (Å²) >= 11 is 1.40. The van der Waals surface area contributed by atoms with Crippen LogP contribution in [0.1, 0.15) is 32.9 Å². The van der Waals surface area contributed by atoms with Gasteiger partial charge in [0.1, 0.15) is 0 Å². The minimum atomic E-state index is -0.0618. The smallest absolute Gasteiger partial charge is 0.231 e. The minimum absolute atomic E-state index is 0.00842. The Labute approximate surface area is 119 Å². The fraction of sp³-hybridized carbons (Fsp3) is 0.200. The van der Waals surface area contributed by atoms with Gasteiger partial charge in [-0.25, -0.2) is 0 Å². The summed E-state index contributed by atoms with van der Waals surface area (Å²) in [7, 11) is 0. The van der Waals surface area contributed by atoms with E-state index in [0.717, 1.165) is 0 Å². The Hall–Kier alpha value is -2.14. The number of fused-ring (bicyclic) bond motifs is 1. The van der Waals surface area contributed by atoms with Crippen molar-refractivity contribution in [3.8, 4) is 11.5 Å². The van der Waals surface area contributed by atoms with Crippen LogP contribution in [0.2, 0.25) is 0 Å². The molecule has 0 bridgehead atoms. The van der Waals surface area contributed by atoms with Crippen LogP contribution in [0.5, 0.6) is 11.5 Å². The van der Waals surface area contributed by atoms with Crippen LogP contribution in [-0.2, 0) is 0 Å². The molecule has 0 radical (unpaired) electrons. The number of ether oxygens (including phenoxy) is 2. The van der Waals surface area contributed by atoms with Crippen LogP contribution in [0.15, 0.2) is 35.7 Å². The van der Waals surface area contributed by atoms with Crippen molar-refractivity contribution in [3.63, 3.8) is 0 Å². The quantitative estimate of drug-likeness (QED) is 0.792. The number of ketones is 2. The van der Waals surface area contributed by atoms with E-state index in [9.17, 15) is 9.59 Å². The standard InChI is InChI=1S/C15H12O4S/c16-11(4-5-12(17)15-2-1-7-20-15)10-3-6-13-14(8-10)19-9-18-13/h1-3,6-8H,4-5,9H2. The van der Waals surface area contributed by atoms with Gasteiger partial charge in [0.05, 0.1) is 4.88 Å². The Bertz CT molecular complexity index is 646. The Morgan fingerprint density at radius 1 is 1.05 bits per heavy atom. The van der Waals surface area contributed by atoms with Gasteiger partial charge in [-0.1, -0.05) is 6.07 Å². The molecule has 5 heteroatoms. The molecular formula is C15H12O4S. The summed E-state index contributed by atoms with van der Waals surface area (Å²) in [6.45, 7) is 0.184. The van der Waals surface area contributed by atoms with Crippen molar-refractivity contribution in [1.82, 2.24) is 0 Å². The van der Waals surface area contributed by atoms with E-state index in [0.29, 0.717) is 21.9 Å². The fourth-order valence-corrected chi connectivity index (χ4v) is 2.70. The maximum Gasteiger partial charge on any atom is 0.231 e. The molecule has 0 N–H and O–H groups in total. The molecule has 2 heterocycles. The zero-order valence-electron chi connectivity index (χ0n) is 10.6. The van der Waals surface area contributed by atoms with E-state index in [4.69, 9.17) is 9.47 Å². The Morgan fingerprint density at radius 3 is 2.65 bits per heavy atom. The average Bonchev–Trinajstić information content (AvgIpc) is 3.13. The topological polar surface area (TPSA) is 52.6 Å². The molecule has 1 aliphatic heterocycles. The summed E-state index contributed by atoms with van der Waals surface area (Å²) in [5.41, 5.74) is 0.549. The fourth-order valence-electron chi connectivity index (χ4n) is 2.00. The number of rotatable bonds is 5. The van der Waals surface area contributed by atoms with Gasteiger partial charge in [0, 0.05) is 18.4 Å². The van der Waals surface area contributed by atoms with Crippen molar-refractivity contribution in [2.45, 2.75) is 12.8 Å². The predicted octanol–water partition coefficient (Wildman–Crippen LogP) is 3.32. The number of hydrogen-bond donors (Lipinski definition) is 0. The van der Waals surface area contributed by atoms with Gasteiger partial charge in [0.25, 0.3) is 0 Å². The molecule has 1 aliphatic rings. The molecule has 0 unspecified atom stereocenters. The molecule has 1 aromatic heterocycles. The molecule has 0 atom stereocenters. The largest absolute Gasteiger partial charge is 0.454 e. The van der Waals surface area contributed by atoms with Crippen molar-refractivity contribution in [3.05, 3.63) is 46.2 Å². The van der Waals surface area contributed by atoms with Gasteiger partial charge in [-0.2, -0.15) is 0 Å². The first kappa shape index (κ1) is 12.9. The van der Waals surface area contributed by atoms with E-state index in [1.165, 1.54) is 11.3 Å². The number of Topliss-reactive ketones (excluding diaryl/α,β-unsaturated/α-hetero) is 2. The van der Waals surface area contributed by atoms with Gasteiger partial charge < -0.3 is 9.47 Å². The summed E-state index contributed by atoms with van der Waals surface area (Å²) in [5, 5.41) is 1.85. The molecule has 1 aromatic carbocycles. The van der Waals surface area contributed by atoms with Crippen LogP contribution in [0.4, 0.5) is 0 Å². The summed E-state index contributed by atoms with van der Waals surface area (Å²) in [4.78, 5) is 24.6. The van der Waals surface area contributed by atoms with Crippen LogP contribution < -0.4 is 9.47 Å². The molecule has 102 valence electrons. The van der Waals surface area contributed by atoms with Crippen molar-refractivity contribution in [2.24, 2.45) is 0 Å². The molecule has 0 saturated heterocycles. The van der Waals surface area contributed by atoms with Gasteiger partial charge in [-0.05, 0) is 29.6 Å². The van der Waals surface area contributed by atoms with Crippen LogP contribution in [-0.4, -0.2) is 18.4 Å². The van der Waals surface area contributed by atoms with Crippen molar-refractivity contribution < 1.29 is 19.1 Å². The Kier molecular flexibility index (Phi) is 3.52. The lowest BCUT2D eigenvalue weighted by molar-refractivity contribution is 0.0919. The Balaban J connectivity index is 1.63. The lowest BCUT2D eigenvalue weighted by Gasteiger charge is -2.02. The van der Waals surface area contributed by atoms with Crippen molar-refractivity contribution in [2.75, 3.05) is 6.79 Å². The third-order valence-corrected chi connectivity index (χ3v) is 3.98. The molecule has 0 amide bonds. The van der Waals surface area contributed by atoms with Crippen LogP contribution in [0.3, 0.4) is 0 Å². The van der Waals surface area contributed by atoms with E-state index < -0.39 is 0 Å². The number of benzene rings is 1. The maximum absolute atomic E-state index is 12.1. The normalized spacial score (nSPS) is 12.4. The van der Waals surface area contributed by atoms with E-state index in [2.05, 4.69) is 0 Å². The van der Waals surface area contributed by atoms with Gasteiger partial charge in [-0.3, -0.25) is 9.59 Å². The number of carbonyl (C=O) groups is 2. The summed E-state index contributed by atoms with van der Waals surface area (Å²) in [5.74, 6) is 1.18. The second-order valence-corrected chi connectivity index (χ2v) is 5.34. The highest BCUT2D eigenvalue weighted by Gasteiger charge is 2.17. The number of carbonyl (C=O) groups excluding carboxylic acids is 2. The van der Waals surface area contributed by atoms with Gasteiger partial charge in [-0.15, -0.1) is 11.3 Å². The molecule has 20 heavy (non-hydrogen) atoms. The van der Waals surface area contributed by atoms with Crippen LogP contribution in [0, 0.1) is 0 Å². The number of thiophene rings is 1. The molecule has 0 spiro atoms. The second-order valence-electron chi connectivity index (χ2n) is 4.39. The number of hydrogen-bond acceptors (Lipinski definition) is 5. The highest BCUT2D eigenvalue weighted by Crippen LogP contribution is 2.32. The molecule has 2 aromatic rings. The third kappa shape index (κ3) is 2.58. The second kappa shape index (κ2) is 5.46. The van der Waals surface area contributed by atoms with Crippen LogP contribution in [0.25, 0.3) is 0 Å². The van der Waals surface area contributed by atoms with E-state index in [1.807, 2.05) is 11.4 Å². The summed E-state index contributed by atoms with van der Waals surface area (Å²) in [6, 6.07) is 8.69. The minimum Gasteiger partial charge on any atom is -0.454 e. The van der Waals surface area contributed by atoms with Gasteiger partial charge in [0.15, 0.2) is 23.1 Å². The molecule has 0 aliphatic carbocycles. The molecule has 0 fully saturated rings. The monoisotopic (exact) mass is 288 g/mol. The average molecular weight is 288 g/mol. The van der Waals surface area contributed by atoms with E-state index in [1.54, 1.807) is 24.3 Å². The zero-order valence-corrected chi connectivity index (χ0v) is 11.4. The van der Waals surface area contributed by atoms with Gasteiger partial charge in [0.2, 0.25) is 6.79 Å². The zero-order chi connectivity index (χ0) is 13.9. The molecule has 0 saturated carbocycles. The SMILES string of the molecule is O=C(CCC(=O)c1cccs1)c1ccc2c(c1)OCO2. The van der Waals surface area contributed by atoms with Crippen LogP contribution >= 0.6 is 11.3 Å². The first-order valence-electron chi connectivity index (χ1n) is 6.23. The van der Waals surface area contributed by atoms with Crippen molar-refractivity contribution >= 4 is 22.9 Å². The molecule has 4 nitrogen and oxygen atoms in total. The van der Waals surface area contributed by atoms with Gasteiger partial charge >= 0.3 is 0 Å². The molecular weight excluding hydrogens is 276 g/mol. The molecule has 3 rings (SSSR count). The van der Waals surface area contributed by atoms with Crippen molar-refractivity contribution in [1.29, 1.82) is 0 Å². The predicted molar refractivity (Wildman–Crippen MR) is 74.8 cm³/mol.